The summed E-state index contributed by atoms with van der Waals surface area (Å²) in [7, 11) is 0. The Balaban J connectivity index is 1.87. The average Bonchev–Trinajstić information content (AvgIpc) is 2.40. The molecule has 1 aromatic carbocycles. The Morgan fingerprint density at radius 3 is 3.05 bits per heavy atom. The van der Waals surface area contributed by atoms with Gasteiger partial charge in [0.05, 0.1) is 5.02 Å². The third kappa shape index (κ3) is 3.83. The minimum atomic E-state index is -0.495. The average molecular weight is 286 g/mol. The molecule has 0 spiro atoms. The molecule has 3 nitrogen and oxygen atoms in total. The van der Waals surface area contributed by atoms with E-state index in [0.29, 0.717) is 11.7 Å². The highest BCUT2D eigenvalue weighted by molar-refractivity contribution is 6.30. The van der Waals surface area contributed by atoms with Crippen LogP contribution in [0.25, 0.3) is 0 Å². The Hall–Kier alpha value is -1.29. The normalized spacial score (nSPS) is 19.3. The molecule has 1 heterocycles. The maximum absolute atomic E-state index is 13.0. The molecule has 0 saturated carbocycles. The van der Waals surface area contributed by atoms with Crippen LogP contribution in [0, 0.1) is 11.7 Å². The van der Waals surface area contributed by atoms with Gasteiger partial charge in [-0.15, -0.1) is 0 Å². The fourth-order valence-corrected chi connectivity index (χ4v) is 2.39. The monoisotopic (exact) mass is 285 g/mol. The van der Waals surface area contributed by atoms with E-state index in [9.17, 15) is 9.18 Å². The lowest BCUT2D eigenvalue weighted by Gasteiger charge is -2.30. The minimum absolute atomic E-state index is 0.00320. The number of benzene rings is 1. The van der Waals surface area contributed by atoms with Gasteiger partial charge in [0.2, 0.25) is 0 Å². The Kier molecular flexibility index (Phi) is 4.64. The largest absolute Gasteiger partial charge is 0.484 e. The molecule has 0 aliphatic carbocycles. The van der Waals surface area contributed by atoms with Crippen molar-refractivity contribution in [2.24, 2.45) is 5.92 Å². The molecular formula is C14H17ClFNO2. The van der Waals surface area contributed by atoms with Crippen LogP contribution in [0.4, 0.5) is 4.39 Å². The topological polar surface area (TPSA) is 29.5 Å². The highest BCUT2D eigenvalue weighted by atomic mass is 35.5. The number of hydrogen-bond acceptors (Lipinski definition) is 2. The van der Waals surface area contributed by atoms with Gasteiger partial charge in [-0.05, 0) is 30.9 Å². The molecule has 1 fully saturated rings. The molecule has 1 saturated heterocycles. The molecule has 0 bridgehead atoms. The summed E-state index contributed by atoms with van der Waals surface area (Å²) in [6, 6.07) is 4.07. The molecular weight excluding hydrogens is 269 g/mol. The minimum Gasteiger partial charge on any atom is -0.484 e. The number of amides is 1. The quantitative estimate of drug-likeness (QED) is 0.854. The van der Waals surface area contributed by atoms with E-state index in [0.717, 1.165) is 25.9 Å². The van der Waals surface area contributed by atoms with E-state index in [1.807, 2.05) is 4.90 Å². The molecule has 0 N–H and O–H groups in total. The summed E-state index contributed by atoms with van der Waals surface area (Å²) >= 11 is 5.65. The predicted molar refractivity (Wildman–Crippen MR) is 71.9 cm³/mol. The lowest BCUT2D eigenvalue weighted by Crippen LogP contribution is -2.41. The van der Waals surface area contributed by atoms with Gasteiger partial charge in [-0.2, -0.15) is 0 Å². The van der Waals surface area contributed by atoms with Crippen molar-refractivity contribution in [2.45, 2.75) is 19.8 Å². The Morgan fingerprint density at radius 1 is 1.58 bits per heavy atom. The second-order valence-electron chi connectivity index (χ2n) is 4.95. The zero-order chi connectivity index (χ0) is 13.8. The predicted octanol–water partition coefficient (Wildman–Crippen LogP) is 3.12. The van der Waals surface area contributed by atoms with E-state index < -0.39 is 5.82 Å². The summed E-state index contributed by atoms with van der Waals surface area (Å²) in [5, 5.41) is -0.00320. The SMILES string of the molecule is CC1CCCN(C(=O)COc2ccc(F)c(Cl)c2)C1. The number of carbonyl (C=O) groups is 1. The number of hydrogen-bond donors (Lipinski definition) is 0. The van der Waals surface area contributed by atoms with E-state index in [1.165, 1.54) is 18.2 Å². The number of ether oxygens (including phenoxy) is 1. The van der Waals surface area contributed by atoms with Gasteiger partial charge in [-0.25, -0.2) is 4.39 Å². The number of likely N-dealkylation sites (tertiary alicyclic amines) is 1. The first-order chi connectivity index (χ1) is 9.06. The van der Waals surface area contributed by atoms with Crippen LogP contribution in [-0.2, 0) is 4.79 Å². The fraction of sp³-hybridized carbons (Fsp3) is 0.500. The van der Waals surface area contributed by atoms with Gasteiger partial charge in [0.15, 0.2) is 6.61 Å². The van der Waals surface area contributed by atoms with Crippen molar-refractivity contribution < 1.29 is 13.9 Å². The van der Waals surface area contributed by atoms with E-state index in [2.05, 4.69) is 6.92 Å². The molecule has 1 atom stereocenters. The van der Waals surface area contributed by atoms with Crippen LogP contribution in [0.5, 0.6) is 5.75 Å². The molecule has 5 heteroatoms. The highest BCUT2D eigenvalue weighted by Crippen LogP contribution is 2.21. The molecule has 19 heavy (non-hydrogen) atoms. The van der Waals surface area contributed by atoms with Crippen molar-refractivity contribution >= 4 is 17.5 Å². The number of rotatable bonds is 3. The van der Waals surface area contributed by atoms with Gasteiger partial charge in [0.1, 0.15) is 11.6 Å². The maximum Gasteiger partial charge on any atom is 0.260 e. The van der Waals surface area contributed by atoms with E-state index in [1.54, 1.807) is 0 Å². The van der Waals surface area contributed by atoms with Crippen LogP contribution in [0.2, 0.25) is 5.02 Å². The van der Waals surface area contributed by atoms with E-state index in [4.69, 9.17) is 16.3 Å². The van der Waals surface area contributed by atoms with Gasteiger partial charge < -0.3 is 9.64 Å². The number of piperidine rings is 1. The number of carbonyl (C=O) groups excluding carboxylic acids is 1. The van der Waals surface area contributed by atoms with Crippen LogP contribution in [-0.4, -0.2) is 30.5 Å². The van der Waals surface area contributed by atoms with Crippen LogP contribution in [0.1, 0.15) is 19.8 Å². The zero-order valence-corrected chi connectivity index (χ0v) is 11.6. The third-order valence-electron chi connectivity index (χ3n) is 3.26. The molecule has 1 aliphatic rings. The van der Waals surface area contributed by atoms with Crippen molar-refractivity contribution in [1.29, 1.82) is 0 Å². The highest BCUT2D eigenvalue weighted by Gasteiger charge is 2.21. The van der Waals surface area contributed by atoms with Crippen molar-refractivity contribution in [2.75, 3.05) is 19.7 Å². The van der Waals surface area contributed by atoms with Gasteiger partial charge in [0, 0.05) is 19.2 Å². The van der Waals surface area contributed by atoms with Crippen molar-refractivity contribution in [3.05, 3.63) is 29.0 Å². The van der Waals surface area contributed by atoms with Gasteiger partial charge >= 0.3 is 0 Å². The van der Waals surface area contributed by atoms with Crippen LogP contribution >= 0.6 is 11.6 Å². The number of nitrogens with zero attached hydrogens (tertiary/aromatic N) is 1. The van der Waals surface area contributed by atoms with Crippen molar-refractivity contribution in [3.8, 4) is 5.75 Å². The van der Waals surface area contributed by atoms with Crippen LogP contribution in [0.3, 0.4) is 0 Å². The first kappa shape index (κ1) is 14.1. The molecule has 1 aliphatic heterocycles. The first-order valence-electron chi connectivity index (χ1n) is 6.42. The summed E-state index contributed by atoms with van der Waals surface area (Å²) in [4.78, 5) is 13.8. The second-order valence-corrected chi connectivity index (χ2v) is 5.36. The fourth-order valence-electron chi connectivity index (χ4n) is 2.22. The van der Waals surface area contributed by atoms with Crippen molar-refractivity contribution in [1.82, 2.24) is 4.90 Å². The molecule has 0 radical (unpaired) electrons. The van der Waals surface area contributed by atoms with E-state index >= 15 is 0 Å². The first-order valence-corrected chi connectivity index (χ1v) is 6.79. The Morgan fingerprint density at radius 2 is 2.37 bits per heavy atom. The van der Waals surface area contributed by atoms with Crippen LogP contribution in [0.15, 0.2) is 18.2 Å². The maximum atomic E-state index is 13.0. The smallest absolute Gasteiger partial charge is 0.260 e. The van der Waals surface area contributed by atoms with Gasteiger partial charge in [-0.1, -0.05) is 18.5 Å². The second kappa shape index (κ2) is 6.24. The van der Waals surface area contributed by atoms with Gasteiger partial charge in [-0.3, -0.25) is 4.79 Å². The molecule has 1 unspecified atom stereocenters. The molecule has 1 amide bonds. The lowest BCUT2D eigenvalue weighted by atomic mass is 10.0. The third-order valence-corrected chi connectivity index (χ3v) is 3.55. The van der Waals surface area contributed by atoms with Gasteiger partial charge in [0.25, 0.3) is 5.91 Å². The zero-order valence-electron chi connectivity index (χ0n) is 10.9. The summed E-state index contributed by atoms with van der Waals surface area (Å²) in [5.74, 6) is 0.417. The molecule has 1 aromatic rings. The molecule has 0 aromatic heterocycles. The Labute approximate surface area is 117 Å². The van der Waals surface area contributed by atoms with Crippen molar-refractivity contribution in [3.63, 3.8) is 0 Å². The lowest BCUT2D eigenvalue weighted by molar-refractivity contribution is -0.135. The molecule has 2 rings (SSSR count). The molecule has 104 valence electrons. The summed E-state index contributed by atoms with van der Waals surface area (Å²) in [5.41, 5.74) is 0. The summed E-state index contributed by atoms with van der Waals surface area (Å²) in [6.07, 6.45) is 2.20. The standard InChI is InChI=1S/C14H17ClFNO2/c1-10-3-2-6-17(8-10)14(18)9-19-11-4-5-13(16)12(15)7-11/h4-5,7,10H,2-3,6,8-9H2,1H3. The van der Waals surface area contributed by atoms with Crippen LogP contribution < -0.4 is 4.74 Å². The summed E-state index contributed by atoms with van der Waals surface area (Å²) in [6.45, 7) is 3.68. The number of halogens is 2. The Bertz CT molecular complexity index is 467. The summed E-state index contributed by atoms with van der Waals surface area (Å²) < 4.78 is 18.3. The van der Waals surface area contributed by atoms with E-state index in [-0.39, 0.29) is 17.5 Å².